The SMILES string of the molecule is CN(Cc1ccc(Cl)s1)c1cc(Cl)ccc1CCN. The van der Waals surface area contributed by atoms with Crippen molar-refractivity contribution in [2.75, 3.05) is 18.5 Å². The summed E-state index contributed by atoms with van der Waals surface area (Å²) in [6.07, 6.45) is 0.849. The number of hydrogen-bond acceptors (Lipinski definition) is 3. The molecule has 0 bridgehead atoms. The van der Waals surface area contributed by atoms with E-state index < -0.39 is 0 Å². The lowest BCUT2D eigenvalue weighted by molar-refractivity contribution is 0.903. The average molecular weight is 315 g/mol. The van der Waals surface area contributed by atoms with E-state index in [1.165, 1.54) is 10.4 Å². The lowest BCUT2D eigenvalue weighted by atomic mass is 10.1. The minimum Gasteiger partial charge on any atom is -0.369 e. The maximum atomic E-state index is 6.09. The molecule has 2 N–H and O–H groups in total. The minimum absolute atomic E-state index is 0.632. The van der Waals surface area contributed by atoms with E-state index in [4.69, 9.17) is 28.9 Å². The molecule has 0 atom stereocenters. The Kier molecular flexibility index (Phi) is 5.11. The van der Waals surface area contributed by atoms with Crippen LogP contribution in [0.4, 0.5) is 5.69 Å². The van der Waals surface area contributed by atoms with E-state index in [0.717, 1.165) is 28.0 Å². The van der Waals surface area contributed by atoms with Crippen LogP contribution in [0, 0.1) is 0 Å². The van der Waals surface area contributed by atoms with Crippen molar-refractivity contribution in [1.29, 1.82) is 0 Å². The highest BCUT2D eigenvalue weighted by molar-refractivity contribution is 7.16. The molecule has 19 heavy (non-hydrogen) atoms. The maximum Gasteiger partial charge on any atom is 0.0931 e. The van der Waals surface area contributed by atoms with Crippen LogP contribution in [-0.4, -0.2) is 13.6 Å². The van der Waals surface area contributed by atoms with Crippen LogP contribution in [-0.2, 0) is 13.0 Å². The van der Waals surface area contributed by atoms with Gasteiger partial charge in [-0.25, -0.2) is 0 Å². The van der Waals surface area contributed by atoms with E-state index in [2.05, 4.69) is 18.0 Å². The van der Waals surface area contributed by atoms with Gasteiger partial charge in [0.15, 0.2) is 0 Å². The van der Waals surface area contributed by atoms with Gasteiger partial charge in [0.25, 0.3) is 0 Å². The molecule has 0 unspecified atom stereocenters. The smallest absolute Gasteiger partial charge is 0.0931 e. The van der Waals surface area contributed by atoms with Gasteiger partial charge >= 0.3 is 0 Å². The molecule has 0 aliphatic heterocycles. The molecule has 5 heteroatoms. The summed E-state index contributed by atoms with van der Waals surface area (Å²) in [6.45, 7) is 1.45. The highest BCUT2D eigenvalue weighted by atomic mass is 35.5. The summed E-state index contributed by atoms with van der Waals surface area (Å²) in [6, 6.07) is 9.92. The first kappa shape index (κ1) is 14.7. The Morgan fingerprint density at radius 1 is 1.21 bits per heavy atom. The van der Waals surface area contributed by atoms with Gasteiger partial charge in [0.05, 0.1) is 10.9 Å². The molecule has 1 heterocycles. The molecule has 2 aromatic rings. The molecule has 0 radical (unpaired) electrons. The van der Waals surface area contributed by atoms with Crippen LogP contribution in [0.5, 0.6) is 0 Å². The normalized spacial score (nSPS) is 10.7. The molecular weight excluding hydrogens is 299 g/mol. The number of anilines is 1. The number of benzene rings is 1. The Balaban J connectivity index is 2.21. The summed E-state index contributed by atoms with van der Waals surface area (Å²) < 4.78 is 0.816. The Hall–Kier alpha value is -0.740. The third-order valence-corrected chi connectivity index (χ3v) is 4.35. The fourth-order valence-electron chi connectivity index (χ4n) is 2.01. The van der Waals surface area contributed by atoms with E-state index in [-0.39, 0.29) is 0 Å². The highest BCUT2D eigenvalue weighted by Gasteiger charge is 2.09. The summed E-state index contributed by atoms with van der Waals surface area (Å²) >= 11 is 13.7. The highest BCUT2D eigenvalue weighted by Crippen LogP contribution is 2.28. The summed E-state index contributed by atoms with van der Waals surface area (Å²) in [5, 5.41) is 0.742. The van der Waals surface area contributed by atoms with Gasteiger partial charge in [0.2, 0.25) is 0 Å². The first-order valence-corrected chi connectivity index (χ1v) is 7.61. The van der Waals surface area contributed by atoms with Gasteiger partial charge in [-0.1, -0.05) is 29.3 Å². The van der Waals surface area contributed by atoms with E-state index in [9.17, 15) is 0 Å². The number of nitrogens with zero attached hydrogens (tertiary/aromatic N) is 1. The van der Waals surface area contributed by atoms with Crippen LogP contribution in [0.1, 0.15) is 10.4 Å². The molecule has 2 nitrogen and oxygen atoms in total. The van der Waals surface area contributed by atoms with Crippen molar-refractivity contribution in [3.05, 3.63) is 50.1 Å². The van der Waals surface area contributed by atoms with Crippen LogP contribution in [0.15, 0.2) is 30.3 Å². The topological polar surface area (TPSA) is 29.3 Å². The van der Waals surface area contributed by atoms with Gasteiger partial charge < -0.3 is 10.6 Å². The fourth-order valence-corrected chi connectivity index (χ4v) is 3.32. The first-order chi connectivity index (χ1) is 9.10. The predicted octanol–water partition coefficient (Wildman–Crippen LogP) is 4.19. The quantitative estimate of drug-likeness (QED) is 0.896. The summed E-state index contributed by atoms with van der Waals surface area (Å²) in [4.78, 5) is 3.41. The Bertz CT molecular complexity index is 554. The van der Waals surface area contributed by atoms with E-state index >= 15 is 0 Å². The Labute approximate surface area is 127 Å². The summed E-state index contributed by atoms with van der Waals surface area (Å²) in [7, 11) is 2.05. The van der Waals surface area contributed by atoms with Crippen molar-refractivity contribution in [1.82, 2.24) is 0 Å². The molecule has 0 amide bonds. The molecule has 0 spiro atoms. The molecule has 0 aliphatic rings. The monoisotopic (exact) mass is 314 g/mol. The zero-order chi connectivity index (χ0) is 13.8. The second-order valence-electron chi connectivity index (χ2n) is 4.37. The van der Waals surface area contributed by atoms with Crippen molar-refractivity contribution < 1.29 is 0 Å². The molecule has 0 saturated carbocycles. The standard InChI is InChI=1S/C14H16Cl2N2S/c1-18(9-12-4-5-14(16)19-12)13-8-11(15)3-2-10(13)6-7-17/h2-5,8H,6-7,9,17H2,1H3. The van der Waals surface area contributed by atoms with Crippen molar-refractivity contribution in [2.45, 2.75) is 13.0 Å². The Morgan fingerprint density at radius 2 is 2.00 bits per heavy atom. The predicted molar refractivity (Wildman–Crippen MR) is 85.6 cm³/mol. The van der Waals surface area contributed by atoms with Crippen LogP contribution in [0.3, 0.4) is 0 Å². The van der Waals surface area contributed by atoms with Crippen molar-refractivity contribution in [3.63, 3.8) is 0 Å². The zero-order valence-electron chi connectivity index (χ0n) is 10.7. The van der Waals surface area contributed by atoms with Crippen LogP contribution < -0.4 is 10.6 Å². The largest absolute Gasteiger partial charge is 0.369 e. The molecule has 0 aliphatic carbocycles. The van der Waals surface area contributed by atoms with Crippen molar-refractivity contribution in [3.8, 4) is 0 Å². The second-order valence-corrected chi connectivity index (χ2v) is 6.61. The van der Waals surface area contributed by atoms with E-state index in [1.54, 1.807) is 11.3 Å². The van der Waals surface area contributed by atoms with Crippen molar-refractivity contribution in [2.24, 2.45) is 5.73 Å². The molecule has 2 rings (SSSR count). The van der Waals surface area contributed by atoms with Gasteiger partial charge in [0, 0.05) is 22.6 Å². The average Bonchev–Trinajstić information content (AvgIpc) is 2.77. The molecule has 0 fully saturated rings. The van der Waals surface area contributed by atoms with Crippen LogP contribution in [0.25, 0.3) is 0 Å². The zero-order valence-corrected chi connectivity index (χ0v) is 13.0. The second kappa shape index (κ2) is 6.62. The van der Waals surface area contributed by atoms with Gasteiger partial charge in [0.1, 0.15) is 0 Å². The fraction of sp³-hybridized carbons (Fsp3) is 0.286. The van der Waals surface area contributed by atoms with Crippen molar-refractivity contribution >= 4 is 40.2 Å². The van der Waals surface area contributed by atoms with E-state index in [1.807, 2.05) is 24.3 Å². The van der Waals surface area contributed by atoms with Gasteiger partial charge in [-0.3, -0.25) is 0 Å². The van der Waals surface area contributed by atoms with Gasteiger partial charge in [-0.05, 0) is 42.8 Å². The number of thiophene rings is 1. The Morgan fingerprint density at radius 3 is 2.63 bits per heavy atom. The number of halogens is 2. The van der Waals surface area contributed by atoms with Crippen LogP contribution >= 0.6 is 34.5 Å². The lowest BCUT2D eigenvalue weighted by Crippen LogP contribution is -2.18. The van der Waals surface area contributed by atoms with Gasteiger partial charge in [-0.15, -0.1) is 11.3 Å². The summed E-state index contributed by atoms with van der Waals surface area (Å²) in [5.74, 6) is 0. The maximum absolute atomic E-state index is 6.09. The number of rotatable bonds is 5. The molecule has 102 valence electrons. The number of nitrogens with two attached hydrogens (primary N) is 1. The molecular formula is C14H16Cl2N2S. The first-order valence-electron chi connectivity index (χ1n) is 6.04. The lowest BCUT2D eigenvalue weighted by Gasteiger charge is -2.22. The number of hydrogen-bond donors (Lipinski definition) is 1. The molecule has 0 saturated heterocycles. The van der Waals surface area contributed by atoms with E-state index in [0.29, 0.717) is 6.54 Å². The molecule has 1 aromatic carbocycles. The summed E-state index contributed by atoms with van der Waals surface area (Å²) in [5.41, 5.74) is 8.00. The molecule has 1 aromatic heterocycles. The third kappa shape index (κ3) is 3.86. The van der Waals surface area contributed by atoms with Crippen LogP contribution in [0.2, 0.25) is 9.36 Å². The minimum atomic E-state index is 0.632. The third-order valence-electron chi connectivity index (χ3n) is 2.89. The van der Waals surface area contributed by atoms with Gasteiger partial charge in [-0.2, -0.15) is 0 Å².